The molecule has 82 valence electrons. The standard InChI is InChI=1S/C10H12BrNO2S/c11-9-2-1-3-10(6-9)15(13,14)12-7-8-4-5-8/h1-3,6,8,12H,4-5,7H2. The van der Waals surface area contributed by atoms with Crippen molar-refractivity contribution in [3.63, 3.8) is 0 Å². The molecule has 1 aromatic rings. The Bertz CT molecular complexity index is 454. The van der Waals surface area contributed by atoms with Crippen molar-refractivity contribution in [2.24, 2.45) is 5.92 Å². The summed E-state index contributed by atoms with van der Waals surface area (Å²) in [5, 5.41) is 0. The molecule has 0 saturated heterocycles. The van der Waals surface area contributed by atoms with Crippen molar-refractivity contribution >= 4 is 26.0 Å². The molecule has 1 aromatic carbocycles. The van der Waals surface area contributed by atoms with Crippen molar-refractivity contribution in [3.8, 4) is 0 Å². The van der Waals surface area contributed by atoms with Crippen LogP contribution in [-0.4, -0.2) is 15.0 Å². The van der Waals surface area contributed by atoms with Gasteiger partial charge < -0.3 is 0 Å². The number of hydrogen-bond donors (Lipinski definition) is 1. The van der Waals surface area contributed by atoms with Crippen molar-refractivity contribution in [2.75, 3.05) is 6.54 Å². The lowest BCUT2D eigenvalue weighted by Crippen LogP contribution is -2.25. The van der Waals surface area contributed by atoms with E-state index in [1.165, 1.54) is 0 Å². The molecule has 0 bridgehead atoms. The quantitative estimate of drug-likeness (QED) is 0.923. The number of halogens is 1. The van der Waals surface area contributed by atoms with E-state index in [-0.39, 0.29) is 0 Å². The Kier molecular flexibility index (Phi) is 3.13. The number of rotatable bonds is 4. The molecule has 0 heterocycles. The molecule has 0 aromatic heterocycles. The summed E-state index contributed by atoms with van der Waals surface area (Å²) in [4.78, 5) is 0.317. The summed E-state index contributed by atoms with van der Waals surface area (Å²) >= 11 is 3.25. The monoisotopic (exact) mass is 289 g/mol. The molecule has 2 rings (SSSR count). The lowest BCUT2D eigenvalue weighted by molar-refractivity contribution is 0.577. The number of benzene rings is 1. The van der Waals surface area contributed by atoms with Crippen molar-refractivity contribution in [1.29, 1.82) is 0 Å². The Labute approximate surface area is 98.1 Å². The van der Waals surface area contributed by atoms with E-state index in [4.69, 9.17) is 0 Å². The normalized spacial score (nSPS) is 16.6. The Hall–Kier alpha value is -0.390. The van der Waals surface area contributed by atoms with E-state index in [0.717, 1.165) is 17.3 Å². The minimum Gasteiger partial charge on any atom is -0.211 e. The third-order valence-corrected chi connectivity index (χ3v) is 4.28. The molecular weight excluding hydrogens is 278 g/mol. The molecule has 15 heavy (non-hydrogen) atoms. The average molecular weight is 290 g/mol. The molecule has 0 spiro atoms. The van der Waals surface area contributed by atoms with Gasteiger partial charge in [0.1, 0.15) is 0 Å². The first kappa shape index (κ1) is 11.1. The van der Waals surface area contributed by atoms with Crippen LogP contribution in [0.4, 0.5) is 0 Å². The van der Waals surface area contributed by atoms with E-state index in [1.54, 1.807) is 24.3 Å². The SMILES string of the molecule is O=S(=O)(NCC1CC1)c1cccc(Br)c1. The minimum atomic E-state index is -3.32. The van der Waals surface area contributed by atoms with Crippen LogP contribution in [0.1, 0.15) is 12.8 Å². The highest BCUT2D eigenvalue weighted by atomic mass is 79.9. The molecule has 1 N–H and O–H groups in total. The third-order valence-electron chi connectivity index (χ3n) is 2.37. The van der Waals surface area contributed by atoms with Crippen LogP contribution in [0.25, 0.3) is 0 Å². The van der Waals surface area contributed by atoms with Crippen LogP contribution in [0.15, 0.2) is 33.6 Å². The van der Waals surface area contributed by atoms with Crippen molar-refractivity contribution in [2.45, 2.75) is 17.7 Å². The van der Waals surface area contributed by atoms with Crippen LogP contribution in [0, 0.1) is 5.92 Å². The molecule has 1 aliphatic rings. The zero-order chi connectivity index (χ0) is 10.9. The summed E-state index contributed by atoms with van der Waals surface area (Å²) in [5.41, 5.74) is 0. The smallest absolute Gasteiger partial charge is 0.211 e. The van der Waals surface area contributed by atoms with Gasteiger partial charge in [0.05, 0.1) is 4.90 Å². The fourth-order valence-corrected chi connectivity index (χ4v) is 2.98. The minimum absolute atomic E-state index is 0.317. The second-order valence-electron chi connectivity index (χ2n) is 3.75. The largest absolute Gasteiger partial charge is 0.240 e. The second-order valence-corrected chi connectivity index (χ2v) is 6.44. The third kappa shape index (κ3) is 3.03. The maximum atomic E-state index is 11.8. The Balaban J connectivity index is 2.12. The molecule has 0 unspecified atom stereocenters. The second kappa shape index (κ2) is 4.23. The van der Waals surface area contributed by atoms with Gasteiger partial charge >= 0.3 is 0 Å². The Morgan fingerprint density at radius 1 is 1.40 bits per heavy atom. The van der Waals surface area contributed by atoms with Crippen LogP contribution >= 0.6 is 15.9 Å². The summed E-state index contributed by atoms with van der Waals surface area (Å²) in [6, 6.07) is 6.73. The van der Waals surface area contributed by atoms with Crippen LogP contribution in [0.5, 0.6) is 0 Å². The van der Waals surface area contributed by atoms with Crippen LogP contribution in [0.2, 0.25) is 0 Å². The van der Waals surface area contributed by atoms with Crippen LogP contribution in [-0.2, 0) is 10.0 Å². The van der Waals surface area contributed by atoms with Gasteiger partial charge in [0.2, 0.25) is 10.0 Å². The summed E-state index contributed by atoms with van der Waals surface area (Å²) < 4.78 is 27.0. The highest BCUT2D eigenvalue weighted by molar-refractivity contribution is 9.10. The van der Waals surface area contributed by atoms with Gasteiger partial charge in [-0.3, -0.25) is 0 Å². The predicted octanol–water partition coefficient (Wildman–Crippen LogP) is 2.14. The summed E-state index contributed by atoms with van der Waals surface area (Å²) in [7, 11) is -3.32. The van der Waals surface area contributed by atoms with Crippen LogP contribution in [0.3, 0.4) is 0 Å². The lowest BCUT2D eigenvalue weighted by Gasteiger charge is -2.05. The molecule has 5 heteroatoms. The van der Waals surface area contributed by atoms with Crippen molar-refractivity contribution in [3.05, 3.63) is 28.7 Å². The fourth-order valence-electron chi connectivity index (χ4n) is 1.27. The molecular formula is C10H12BrNO2S. The number of nitrogens with one attached hydrogen (secondary N) is 1. The maximum absolute atomic E-state index is 11.8. The summed E-state index contributed by atoms with van der Waals surface area (Å²) in [6.07, 6.45) is 2.28. The lowest BCUT2D eigenvalue weighted by atomic mass is 10.4. The Morgan fingerprint density at radius 2 is 2.13 bits per heavy atom. The molecule has 1 saturated carbocycles. The molecule has 0 aliphatic heterocycles. The van der Waals surface area contributed by atoms with Crippen LogP contribution < -0.4 is 4.72 Å². The first-order valence-corrected chi connectivity index (χ1v) is 7.11. The zero-order valence-electron chi connectivity index (χ0n) is 8.11. The topological polar surface area (TPSA) is 46.2 Å². The predicted molar refractivity (Wildman–Crippen MR) is 62.1 cm³/mol. The van der Waals surface area contributed by atoms with E-state index in [9.17, 15) is 8.42 Å². The summed E-state index contributed by atoms with van der Waals surface area (Å²) in [6.45, 7) is 0.564. The van der Waals surface area contributed by atoms with Crippen molar-refractivity contribution in [1.82, 2.24) is 4.72 Å². The highest BCUT2D eigenvalue weighted by Crippen LogP contribution is 2.28. The first-order chi connectivity index (χ1) is 7.08. The van der Waals surface area contributed by atoms with E-state index < -0.39 is 10.0 Å². The van der Waals surface area contributed by atoms with Gasteiger partial charge in [-0.05, 0) is 37.0 Å². The Morgan fingerprint density at radius 3 is 2.73 bits per heavy atom. The summed E-state index contributed by atoms with van der Waals surface area (Å²) in [5.74, 6) is 0.548. The fraction of sp³-hybridized carbons (Fsp3) is 0.400. The van der Waals surface area contributed by atoms with E-state index in [2.05, 4.69) is 20.7 Å². The van der Waals surface area contributed by atoms with Gasteiger partial charge in [-0.2, -0.15) is 0 Å². The molecule has 3 nitrogen and oxygen atoms in total. The van der Waals surface area contributed by atoms with E-state index in [1.807, 2.05) is 0 Å². The van der Waals surface area contributed by atoms with E-state index >= 15 is 0 Å². The number of sulfonamides is 1. The molecule has 0 radical (unpaired) electrons. The molecule has 1 fully saturated rings. The van der Waals surface area contributed by atoms with Gasteiger partial charge in [-0.1, -0.05) is 22.0 Å². The van der Waals surface area contributed by atoms with Gasteiger partial charge in [-0.15, -0.1) is 0 Å². The highest BCUT2D eigenvalue weighted by Gasteiger charge is 2.24. The van der Waals surface area contributed by atoms with Gasteiger partial charge in [0.15, 0.2) is 0 Å². The first-order valence-electron chi connectivity index (χ1n) is 4.83. The average Bonchev–Trinajstić information content (AvgIpc) is 2.98. The van der Waals surface area contributed by atoms with E-state index in [0.29, 0.717) is 17.4 Å². The number of hydrogen-bond acceptors (Lipinski definition) is 2. The van der Waals surface area contributed by atoms with Gasteiger partial charge in [0, 0.05) is 11.0 Å². The maximum Gasteiger partial charge on any atom is 0.240 e. The van der Waals surface area contributed by atoms with Gasteiger partial charge in [-0.25, -0.2) is 13.1 Å². The zero-order valence-corrected chi connectivity index (χ0v) is 10.5. The van der Waals surface area contributed by atoms with Crippen molar-refractivity contribution < 1.29 is 8.42 Å². The van der Waals surface area contributed by atoms with Gasteiger partial charge in [0.25, 0.3) is 0 Å². The molecule has 0 amide bonds. The molecule has 1 aliphatic carbocycles. The molecule has 0 atom stereocenters.